The lowest BCUT2D eigenvalue weighted by molar-refractivity contribution is -0.119. The Morgan fingerprint density at radius 3 is 2.61 bits per heavy atom. The van der Waals surface area contributed by atoms with Crippen molar-refractivity contribution in [1.82, 2.24) is 20.3 Å². The molecule has 1 aromatic rings. The van der Waals surface area contributed by atoms with Crippen LogP contribution in [0.25, 0.3) is 0 Å². The number of nitrogens with one attached hydrogen (secondary N) is 2. The van der Waals surface area contributed by atoms with E-state index in [1.807, 2.05) is 6.92 Å². The summed E-state index contributed by atoms with van der Waals surface area (Å²) < 4.78 is 5.24. The van der Waals surface area contributed by atoms with Gasteiger partial charge in [0.1, 0.15) is 0 Å². The van der Waals surface area contributed by atoms with Crippen molar-refractivity contribution in [2.45, 2.75) is 6.92 Å². The molecular weight excluding hydrogens is 236 g/mol. The fraction of sp³-hybridized carbons (Fsp3) is 0.600. The zero-order valence-corrected chi connectivity index (χ0v) is 11.0. The van der Waals surface area contributed by atoms with Crippen LogP contribution in [0.1, 0.15) is 6.92 Å². The summed E-state index contributed by atoms with van der Waals surface area (Å²) in [6.07, 6.45) is 0. The van der Waals surface area contributed by atoms with Crippen molar-refractivity contribution in [3.63, 3.8) is 0 Å². The van der Waals surface area contributed by atoms with Gasteiger partial charge >= 0.3 is 6.01 Å². The highest BCUT2D eigenvalue weighted by Gasteiger charge is 2.12. The minimum absolute atomic E-state index is 0.123. The third kappa shape index (κ3) is 3.72. The first-order chi connectivity index (χ1) is 8.60. The topological polar surface area (TPSA) is 92.3 Å². The molecule has 1 aromatic heterocycles. The number of nitrogens with zero attached hydrogens (tertiary/aromatic N) is 4. The largest absolute Gasteiger partial charge is 0.464 e. The summed E-state index contributed by atoms with van der Waals surface area (Å²) >= 11 is 0. The molecule has 8 nitrogen and oxygen atoms in total. The highest BCUT2D eigenvalue weighted by atomic mass is 16.5. The number of ether oxygens (including phenoxy) is 1. The van der Waals surface area contributed by atoms with Gasteiger partial charge in [0.05, 0.1) is 13.2 Å². The van der Waals surface area contributed by atoms with Crippen molar-refractivity contribution < 1.29 is 9.53 Å². The van der Waals surface area contributed by atoms with Gasteiger partial charge in [0, 0.05) is 21.1 Å². The molecule has 18 heavy (non-hydrogen) atoms. The van der Waals surface area contributed by atoms with Crippen molar-refractivity contribution in [3.05, 3.63) is 0 Å². The van der Waals surface area contributed by atoms with Crippen LogP contribution < -0.4 is 20.3 Å². The van der Waals surface area contributed by atoms with E-state index in [9.17, 15) is 4.79 Å². The number of likely N-dealkylation sites (N-methyl/N-ethyl adjacent to an activating group) is 2. The van der Waals surface area contributed by atoms with Gasteiger partial charge in [-0.1, -0.05) is 0 Å². The molecule has 8 heteroatoms. The van der Waals surface area contributed by atoms with E-state index >= 15 is 0 Å². The van der Waals surface area contributed by atoms with Crippen molar-refractivity contribution in [1.29, 1.82) is 0 Å². The van der Waals surface area contributed by atoms with Crippen LogP contribution in [0.3, 0.4) is 0 Å². The van der Waals surface area contributed by atoms with E-state index in [0.717, 1.165) is 0 Å². The predicted molar refractivity (Wildman–Crippen MR) is 67.9 cm³/mol. The summed E-state index contributed by atoms with van der Waals surface area (Å²) in [5, 5.41) is 5.35. The van der Waals surface area contributed by atoms with Gasteiger partial charge in [-0.05, 0) is 6.92 Å². The summed E-state index contributed by atoms with van der Waals surface area (Å²) in [4.78, 5) is 25.2. The SMILES string of the molecule is CCOc1nc(NC)nc(N(C)CC(=O)NC)n1. The molecule has 1 amide bonds. The van der Waals surface area contributed by atoms with Gasteiger partial charge in [-0.3, -0.25) is 4.79 Å². The van der Waals surface area contributed by atoms with Crippen molar-refractivity contribution in [3.8, 4) is 6.01 Å². The third-order valence-corrected chi connectivity index (χ3v) is 2.10. The average molecular weight is 254 g/mol. The first kappa shape index (κ1) is 13.9. The van der Waals surface area contributed by atoms with E-state index in [1.54, 1.807) is 26.0 Å². The van der Waals surface area contributed by atoms with E-state index in [2.05, 4.69) is 25.6 Å². The maximum Gasteiger partial charge on any atom is 0.323 e. The molecule has 0 aliphatic carbocycles. The molecule has 0 fully saturated rings. The van der Waals surface area contributed by atoms with Crippen LogP contribution in [-0.4, -0.2) is 55.2 Å². The quantitative estimate of drug-likeness (QED) is 0.706. The van der Waals surface area contributed by atoms with Gasteiger partial charge in [-0.25, -0.2) is 0 Å². The average Bonchev–Trinajstić information content (AvgIpc) is 2.38. The van der Waals surface area contributed by atoms with Gasteiger partial charge in [-0.2, -0.15) is 15.0 Å². The molecule has 0 aromatic carbocycles. The monoisotopic (exact) mass is 254 g/mol. The first-order valence-electron chi connectivity index (χ1n) is 5.59. The first-order valence-corrected chi connectivity index (χ1v) is 5.59. The van der Waals surface area contributed by atoms with Gasteiger partial charge in [0.15, 0.2) is 0 Å². The third-order valence-electron chi connectivity index (χ3n) is 2.10. The molecule has 0 spiro atoms. The molecular formula is C10H18N6O2. The van der Waals surface area contributed by atoms with Crippen LogP contribution in [0.4, 0.5) is 11.9 Å². The molecule has 2 N–H and O–H groups in total. The lowest BCUT2D eigenvalue weighted by Crippen LogP contribution is -2.34. The number of anilines is 2. The molecule has 0 saturated heterocycles. The zero-order valence-electron chi connectivity index (χ0n) is 11.0. The standard InChI is InChI=1S/C10H18N6O2/c1-5-18-10-14-8(12-3)13-9(15-10)16(4)6-7(17)11-2/h5-6H2,1-4H3,(H,11,17)(H,12,13,14,15). The minimum atomic E-state index is -0.123. The molecule has 0 aliphatic heterocycles. The maximum atomic E-state index is 11.3. The number of hydrogen-bond acceptors (Lipinski definition) is 7. The Morgan fingerprint density at radius 1 is 1.33 bits per heavy atom. The van der Waals surface area contributed by atoms with Crippen LogP contribution in [-0.2, 0) is 4.79 Å². The smallest absolute Gasteiger partial charge is 0.323 e. The number of carbonyl (C=O) groups excluding carboxylic acids is 1. The number of hydrogen-bond donors (Lipinski definition) is 2. The molecule has 0 bridgehead atoms. The Hall–Kier alpha value is -2.12. The fourth-order valence-electron chi connectivity index (χ4n) is 1.19. The number of amides is 1. The van der Waals surface area contributed by atoms with Gasteiger partial charge in [-0.15, -0.1) is 0 Å². The normalized spacial score (nSPS) is 9.78. The molecule has 0 saturated carbocycles. The predicted octanol–water partition coefficient (Wildman–Crippen LogP) is -0.506. The van der Waals surface area contributed by atoms with Crippen LogP contribution in [0.15, 0.2) is 0 Å². The second-order valence-corrected chi connectivity index (χ2v) is 3.45. The molecule has 0 unspecified atom stereocenters. The lowest BCUT2D eigenvalue weighted by atomic mass is 10.5. The van der Waals surface area contributed by atoms with Gasteiger partial charge in [0.25, 0.3) is 0 Å². The van der Waals surface area contributed by atoms with Crippen LogP contribution in [0, 0.1) is 0 Å². The van der Waals surface area contributed by atoms with Crippen molar-refractivity contribution >= 4 is 17.8 Å². The number of aromatic nitrogens is 3. The van der Waals surface area contributed by atoms with Crippen molar-refractivity contribution in [2.24, 2.45) is 0 Å². The van der Waals surface area contributed by atoms with Crippen molar-refractivity contribution in [2.75, 3.05) is 44.5 Å². The molecule has 0 aliphatic rings. The molecule has 0 radical (unpaired) electrons. The summed E-state index contributed by atoms with van der Waals surface area (Å²) in [6.45, 7) is 2.47. The Kier molecular flexibility index (Phi) is 5.09. The Balaban J connectivity index is 2.92. The summed E-state index contributed by atoms with van der Waals surface area (Å²) in [5.41, 5.74) is 0. The highest BCUT2D eigenvalue weighted by Crippen LogP contribution is 2.13. The van der Waals surface area contributed by atoms with Crippen LogP contribution in [0.5, 0.6) is 6.01 Å². The Labute approximate surface area is 106 Å². The van der Waals surface area contributed by atoms with E-state index in [-0.39, 0.29) is 18.5 Å². The molecule has 100 valence electrons. The second kappa shape index (κ2) is 6.58. The summed E-state index contributed by atoms with van der Waals surface area (Å²) in [7, 11) is 5.00. The molecule has 1 heterocycles. The zero-order chi connectivity index (χ0) is 13.5. The van der Waals surface area contributed by atoms with Gasteiger partial charge < -0.3 is 20.3 Å². The fourth-order valence-corrected chi connectivity index (χ4v) is 1.19. The van der Waals surface area contributed by atoms with E-state index < -0.39 is 0 Å². The van der Waals surface area contributed by atoms with E-state index in [0.29, 0.717) is 18.5 Å². The Bertz CT molecular complexity index is 411. The summed E-state index contributed by atoms with van der Waals surface area (Å²) in [5.74, 6) is 0.649. The molecule has 1 rings (SSSR count). The van der Waals surface area contributed by atoms with E-state index in [1.165, 1.54) is 0 Å². The van der Waals surface area contributed by atoms with Crippen LogP contribution >= 0.6 is 0 Å². The maximum absolute atomic E-state index is 11.3. The molecule has 0 atom stereocenters. The highest BCUT2D eigenvalue weighted by molar-refractivity contribution is 5.80. The second-order valence-electron chi connectivity index (χ2n) is 3.45. The van der Waals surface area contributed by atoms with E-state index in [4.69, 9.17) is 4.74 Å². The lowest BCUT2D eigenvalue weighted by Gasteiger charge is -2.16. The van der Waals surface area contributed by atoms with Gasteiger partial charge in [0.2, 0.25) is 17.8 Å². The summed E-state index contributed by atoms with van der Waals surface area (Å²) in [6, 6.07) is 0.232. The van der Waals surface area contributed by atoms with Crippen LogP contribution in [0.2, 0.25) is 0 Å². The minimum Gasteiger partial charge on any atom is -0.464 e. The number of rotatable bonds is 6. The Morgan fingerprint density at radius 2 is 2.06 bits per heavy atom. The number of carbonyl (C=O) groups is 1.